The Labute approximate surface area is 184 Å². The van der Waals surface area contributed by atoms with Crippen molar-refractivity contribution < 1.29 is 9.59 Å². The van der Waals surface area contributed by atoms with Gasteiger partial charge in [0.25, 0.3) is 5.91 Å². The molecule has 2 amide bonds. The zero-order valence-corrected chi connectivity index (χ0v) is 18.5. The van der Waals surface area contributed by atoms with Gasteiger partial charge in [0, 0.05) is 29.2 Å². The van der Waals surface area contributed by atoms with Gasteiger partial charge in [-0.25, -0.2) is 0 Å². The fourth-order valence-electron chi connectivity index (χ4n) is 3.74. The average molecular weight is 416 g/mol. The van der Waals surface area contributed by atoms with Crippen molar-refractivity contribution in [1.82, 2.24) is 0 Å². The SMILES string of the molecule is CCN(C(=O)c1ccc(NC(=O)CNc2c(C)cc(C)cc2C)cc1)c1ccccc1. The zero-order chi connectivity index (χ0) is 22.4. The van der Waals surface area contributed by atoms with E-state index in [0.29, 0.717) is 17.8 Å². The number of amides is 2. The van der Waals surface area contributed by atoms with Crippen molar-refractivity contribution in [2.45, 2.75) is 27.7 Å². The third kappa shape index (κ3) is 5.51. The molecule has 0 aliphatic rings. The Morgan fingerprint density at radius 3 is 2.06 bits per heavy atom. The van der Waals surface area contributed by atoms with E-state index in [2.05, 4.69) is 29.7 Å². The smallest absolute Gasteiger partial charge is 0.258 e. The summed E-state index contributed by atoms with van der Waals surface area (Å²) in [4.78, 5) is 27.0. The maximum Gasteiger partial charge on any atom is 0.258 e. The second-order valence-electron chi connectivity index (χ2n) is 7.64. The first-order valence-electron chi connectivity index (χ1n) is 10.5. The molecule has 0 bridgehead atoms. The number of nitrogens with zero attached hydrogens (tertiary/aromatic N) is 1. The van der Waals surface area contributed by atoms with Crippen LogP contribution in [0.4, 0.5) is 17.1 Å². The normalized spacial score (nSPS) is 10.5. The number of hydrogen-bond acceptors (Lipinski definition) is 3. The number of carbonyl (C=O) groups excluding carboxylic acids is 2. The van der Waals surface area contributed by atoms with Crippen LogP contribution in [0.3, 0.4) is 0 Å². The monoisotopic (exact) mass is 415 g/mol. The highest BCUT2D eigenvalue weighted by Crippen LogP contribution is 2.22. The quantitative estimate of drug-likeness (QED) is 0.548. The molecule has 5 heteroatoms. The molecule has 31 heavy (non-hydrogen) atoms. The van der Waals surface area contributed by atoms with Crippen LogP contribution < -0.4 is 15.5 Å². The predicted molar refractivity (Wildman–Crippen MR) is 128 cm³/mol. The molecule has 3 aromatic rings. The highest BCUT2D eigenvalue weighted by atomic mass is 16.2. The molecular weight excluding hydrogens is 386 g/mol. The molecule has 0 unspecified atom stereocenters. The minimum absolute atomic E-state index is 0.0708. The molecule has 0 radical (unpaired) electrons. The number of anilines is 3. The van der Waals surface area contributed by atoms with E-state index < -0.39 is 0 Å². The Kier molecular flexibility index (Phi) is 7.08. The van der Waals surface area contributed by atoms with Gasteiger partial charge in [0.2, 0.25) is 5.91 Å². The van der Waals surface area contributed by atoms with Crippen LogP contribution in [0.5, 0.6) is 0 Å². The van der Waals surface area contributed by atoms with Crippen LogP contribution in [-0.2, 0) is 4.79 Å². The van der Waals surface area contributed by atoms with Crippen molar-refractivity contribution in [1.29, 1.82) is 0 Å². The van der Waals surface area contributed by atoms with Crippen molar-refractivity contribution in [3.05, 3.63) is 89.0 Å². The van der Waals surface area contributed by atoms with Crippen molar-refractivity contribution in [2.24, 2.45) is 0 Å². The van der Waals surface area contributed by atoms with Crippen LogP contribution in [0.1, 0.15) is 34.0 Å². The molecule has 0 saturated heterocycles. The first-order valence-corrected chi connectivity index (χ1v) is 10.5. The number of rotatable bonds is 7. The van der Waals surface area contributed by atoms with Crippen molar-refractivity contribution in [2.75, 3.05) is 28.6 Å². The molecule has 0 atom stereocenters. The van der Waals surface area contributed by atoms with Crippen molar-refractivity contribution in [3.8, 4) is 0 Å². The molecule has 2 N–H and O–H groups in total. The molecule has 160 valence electrons. The fraction of sp³-hybridized carbons (Fsp3) is 0.231. The number of aryl methyl sites for hydroxylation is 3. The topological polar surface area (TPSA) is 61.4 Å². The third-order valence-corrected chi connectivity index (χ3v) is 5.15. The first kappa shape index (κ1) is 22.1. The average Bonchev–Trinajstić information content (AvgIpc) is 2.74. The summed E-state index contributed by atoms with van der Waals surface area (Å²) in [5.74, 6) is -0.212. The number of para-hydroxylation sites is 1. The third-order valence-electron chi connectivity index (χ3n) is 5.15. The summed E-state index contributed by atoms with van der Waals surface area (Å²) < 4.78 is 0. The standard InChI is InChI=1S/C26H29N3O2/c1-5-29(23-9-7-6-8-10-23)26(31)21-11-13-22(14-12-21)28-24(30)17-27-25-19(3)15-18(2)16-20(25)4/h6-16,27H,5,17H2,1-4H3,(H,28,30). The van der Waals surface area contributed by atoms with Gasteiger partial charge in [-0.15, -0.1) is 0 Å². The zero-order valence-electron chi connectivity index (χ0n) is 18.5. The molecule has 0 heterocycles. The van der Waals surface area contributed by atoms with E-state index in [0.717, 1.165) is 22.5 Å². The van der Waals surface area contributed by atoms with Gasteiger partial charge >= 0.3 is 0 Å². The van der Waals surface area contributed by atoms with Gasteiger partial charge in [-0.1, -0.05) is 35.9 Å². The van der Waals surface area contributed by atoms with Crippen LogP contribution in [-0.4, -0.2) is 24.9 Å². The van der Waals surface area contributed by atoms with Gasteiger partial charge in [-0.05, 0) is 75.2 Å². The molecule has 0 spiro atoms. The van der Waals surface area contributed by atoms with E-state index in [1.807, 2.05) is 51.1 Å². The minimum Gasteiger partial charge on any atom is -0.376 e. The van der Waals surface area contributed by atoms with Crippen molar-refractivity contribution in [3.63, 3.8) is 0 Å². The number of benzene rings is 3. The summed E-state index contributed by atoms with van der Waals surface area (Å²) in [7, 11) is 0. The molecule has 3 aromatic carbocycles. The van der Waals surface area contributed by atoms with E-state index in [9.17, 15) is 9.59 Å². The van der Waals surface area contributed by atoms with Gasteiger partial charge in [0.1, 0.15) is 0 Å². The Bertz CT molecular complexity index is 1040. The Morgan fingerprint density at radius 1 is 0.871 bits per heavy atom. The van der Waals surface area contributed by atoms with Gasteiger partial charge < -0.3 is 15.5 Å². The van der Waals surface area contributed by atoms with E-state index in [1.165, 1.54) is 5.56 Å². The molecule has 3 rings (SSSR count). The molecule has 5 nitrogen and oxygen atoms in total. The highest BCUT2D eigenvalue weighted by Gasteiger charge is 2.16. The summed E-state index contributed by atoms with van der Waals surface area (Å²) in [6.45, 7) is 8.82. The molecular formula is C26H29N3O2. The van der Waals surface area contributed by atoms with E-state index in [1.54, 1.807) is 29.2 Å². The van der Waals surface area contributed by atoms with Crippen LogP contribution in [0, 0.1) is 20.8 Å². The van der Waals surface area contributed by atoms with Crippen LogP contribution in [0.2, 0.25) is 0 Å². The molecule has 0 aliphatic carbocycles. The molecule has 0 aromatic heterocycles. The Hall–Kier alpha value is -3.60. The van der Waals surface area contributed by atoms with Gasteiger partial charge in [0.15, 0.2) is 0 Å². The second kappa shape index (κ2) is 9.94. The summed E-state index contributed by atoms with van der Waals surface area (Å²) >= 11 is 0. The van der Waals surface area contributed by atoms with Gasteiger partial charge in [-0.3, -0.25) is 9.59 Å². The number of carbonyl (C=O) groups is 2. The van der Waals surface area contributed by atoms with E-state index in [-0.39, 0.29) is 18.4 Å². The summed E-state index contributed by atoms with van der Waals surface area (Å²) in [6.07, 6.45) is 0. The maximum absolute atomic E-state index is 12.9. The minimum atomic E-state index is -0.141. The van der Waals surface area contributed by atoms with E-state index in [4.69, 9.17) is 0 Å². The lowest BCUT2D eigenvalue weighted by atomic mass is 10.1. The second-order valence-corrected chi connectivity index (χ2v) is 7.64. The molecule has 0 fully saturated rings. The van der Waals surface area contributed by atoms with Gasteiger partial charge in [0.05, 0.1) is 6.54 Å². The molecule has 0 aliphatic heterocycles. The Balaban J connectivity index is 1.61. The number of hydrogen-bond donors (Lipinski definition) is 2. The predicted octanol–water partition coefficient (Wildman–Crippen LogP) is 5.33. The summed E-state index contributed by atoms with van der Waals surface area (Å²) in [6, 6.07) is 20.8. The van der Waals surface area contributed by atoms with Crippen LogP contribution >= 0.6 is 0 Å². The largest absolute Gasteiger partial charge is 0.376 e. The van der Waals surface area contributed by atoms with Gasteiger partial charge in [-0.2, -0.15) is 0 Å². The molecule has 0 saturated carbocycles. The lowest BCUT2D eigenvalue weighted by molar-refractivity contribution is -0.114. The van der Waals surface area contributed by atoms with E-state index >= 15 is 0 Å². The summed E-state index contributed by atoms with van der Waals surface area (Å²) in [5, 5.41) is 6.10. The highest BCUT2D eigenvalue weighted by molar-refractivity contribution is 6.06. The fourth-order valence-corrected chi connectivity index (χ4v) is 3.74. The van der Waals surface area contributed by atoms with Crippen molar-refractivity contribution >= 4 is 28.9 Å². The Morgan fingerprint density at radius 2 is 1.48 bits per heavy atom. The first-order chi connectivity index (χ1) is 14.9. The lowest BCUT2D eigenvalue weighted by Crippen LogP contribution is -2.30. The number of nitrogens with one attached hydrogen (secondary N) is 2. The van der Waals surface area contributed by atoms with Crippen LogP contribution in [0.15, 0.2) is 66.7 Å². The lowest BCUT2D eigenvalue weighted by Gasteiger charge is -2.21. The van der Waals surface area contributed by atoms with Crippen LogP contribution in [0.25, 0.3) is 0 Å². The maximum atomic E-state index is 12.9. The summed E-state index contributed by atoms with van der Waals surface area (Å²) in [5.41, 5.74) is 6.52.